The number of rotatable bonds is 8. The van der Waals surface area contributed by atoms with Gasteiger partial charge in [0.1, 0.15) is 0 Å². The van der Waals surface area contributed by atoms with Gasteiger partial charge in [-0.3, -0.25) is 0 Å². The summed E-state index contributed by atoms with van der Waals surface area (Å²) in [5.74, 6) is 8.32. The lowest BCUT2D eigenvalue weighted by atomic mass is 9.68. The lowest BCUT2D eigenvalue weighted by molar-refractivity contribution is 0.149. The van der Waals surface area contributed by atoms with Crippen LogP contribution in [0.1, 0.15) is 179 Å². The first-order valence-corrected chi connectivity index (χ1v) is 18.2. The van der Waals surface area contributed by atoms with E-state index in [1.807, 2.05) is 0 Å². The fourth-order valence-electron chi connectivity index (χ4n) is 9.35. The van der Waals surface area contributed by atoms with Crippen molar-refractivity contribution in [2.75, 3.05) is 0 Å². The van der Waals surface area contributed by atoms with Crippen LogP contribution in [0.5, 0.6) is 0 Å². The van der Waals surface area contributed by atoms with E-state index in [0.29, 0.717) is 0 Å². The molecule has 0 radical (unpaired) electrons. The molecule has 0 aromatic heterocycles. The van der Waals surface area contributed by atoms with Crippen molar-refractivity contribution in [3.63, 3.8) is 0 Å². The van der Waals surface area contributed by atoms with E-state index in [9.17, 15) is 0 Å². The second-order valence-corrected chi connectivity index (χ2v) is 14.9. The predicted molar refractivity (Wildman–Crippen MR) is 181 cm³/mol. The quantitative estimate of drug-likeness (QED) is 0.306. The maximum Gasteiger partial charge on any atom is 0 e. The zero-order valence-corrected chi connectivity index (χ0v) is 26.8. The molecule has 1 aromatic rings. The van der Waals surface area contributed by atoms with E-state index in [1.165, 1.54) is 115 Å². The molecule has 0 unspecified atom stereocenters. The van der Waals surface area contributed by atoms with Crippen LogP contribution in [0.4, 0.5) is 0 Å². The van der Waals surface area contributed by atoms with Crippen LogP contribution in [-0.2, 0) is 6.42 Å². The second kappa shape index (κ2) is 16.6. The Bertz CT molecular complexity index is 763. The van der Waals surface area contributed by atoms with Crippen LogP contribution < -0.4 is 0 Å². The van der Waals surface area contributed by atoms with Gasteiger partial charge in [-0.1, -0.05) is 116 Å². The number of benzene rings is 1. The van der Waals surface area contributed by atoms with Gasteiger partial charge < -0.3 is 0 Å². The van der Waals surface area contributed by atoms with E-state index in [-0.39, 0.29) is 5.71 Å². The first-order chi connectivity index (χ1) is 19.1. The van der Waals surface area contributed by atoms with Gasteiger partial charge in [-0.05, 0) is 129 Å². The third-order valence-electron chi connectivity index (χ3n) is 12.2. The SMILES string of the molecule is CCC1CCC(C2CCC(C)CC2)CC1.CCCc1ccc(C2CCC(C3CCC(CCC)CC3)CC2)cc1.[HH].[HH].[HH].[HH]. The summed E-state index contributed by atoms with van der Waals surface area (Å²) in [6.07, 6.45) is 31.0. The fourth-order valence-corrected chi connectivity index (χ4v) is 9.35. The van der Waals surface area contributed by atoms with Crippen molar-refractivity contribution in [2.24, 2.45) is 41.4 Å². The highest BCUT2D eigenvalue weighted by atomic mass is 14.4. The highest BCUT2D eigenvalue weighted by Crippen LogP contribution is 2.45. The number of hydrogen-bond acceptors (Lipinski definition) is 0. The molecule has 0 saturated heterocycles. The molecule has 4 fully saturated rings. The molecule has 4 aliphatic rings. The molecule has 0 bridgehead atoms. The summed E-state index contributed by atoms with van der Waals surface area (Å²) < 4.78 is 0. The van der Waals surface area contributed by atoms with Gasteiger partial charge in [0.25, 0.3) is 0 Å². The normalized spacial score (nSPS) is 35.6. The molecule has 0 heterocycles. The Morgan fingerprint density at radius 3 is 1.46 bits per heavy atom. The van der Waals surface area contributed by atoms with E-state index in [1.54, 1.807) is 31.2 Å². The van der Waals surface area contributed by atoms with E-state index < -0.39 is 0 Å². The molecular weight excluding hydrogens is 468 g/mol. The molecule has 0 atom stereocenters. The summed E-state index contributed by atoms with van der Waals surface area (Å²) in [7, 11) is 0. The van der Waals surface area contributed by atoms with E-state index in [2.05, 4.69) is 52.0 Å². The average molecular weight is 543 g/mol. The maximum absolute atomic E-state index is 2.43. The molecule has 4 aliphatic carbocycles. The van der Waals surface area contributed by atoms with Crippen LogP contribution >= 0.6 is 0 Å². The van der Waals surface area contributed by atoms with Crippen molar-refractivity contribution >= 4 is 0 Å². The standard InChI is InChI=1S/C24H38.C15H28.4H2/c1-3-5-19-7-11-21(12-8-19)23-15-17-24(18-16-23)22-13-9-20(6-4-2)10-14-22;1-3-13-6-10-15(11-7-13)14-8-4-12(2)5-9-14;;;;/h7-8,11-12,20,22-24H,3-6,9-10,13-18H2,1-2H3;12-15H,3-11H2,1-2H3;4*1H. The summed E-state index contributed by atoms with van der Waals surface area (Å²) in [6, 6.07) is 9.59. The van der Waals surface area contributed by atoms with Crippen LogP contribution in [-0.4, -0.2) is 0 Å². The Balaban J connectivity index is 0.000000815. The van der Waals surface area contributed by atoms with Crippen molar-refractivity contribution in [1.29, 1.82) is 0 Å². The Morgan fingerprint density at radius 2 is 1.00 bits per heavy atom. The van der Waals surface area contributed by atoms with Gasteiger partial charge in [0.15, 0.2) is 0 Å². The van der Waals surface area contributed by atoms with Crippen molar-refractivity contribution in [2.45, 2.75) is 168 Å². The molecule has 230 valence electrons. The van der Waals surface area contributed by atoms with Gasteiger partial charge in [-0.2, -0.15) is 0 Å². The van der Waals surface area contributed by atoms with E-state index in [4.69, 9.17) is 0 Å². The molecule has 0 heteroatoms. The predicted octanol–water partition coefficient (Wildman–Crippen LogP) is 13.5. The first-order valence-electron chi connectivity index (χ1n) is 18.2. The molecule has 0 nitrogen and oxygen atoms in total. The molecule has 1 aromatic carbocycles. The maximum atomic E-state index is 2.43. The first kappa shape index (κ1) is 31.2. The van der Waals surface area contributed by atoms with Gasteiger partial charge >= 0.3 is 0 Å². The minimum absolute atomic E-state index is 0. The summed E-state index contributed by atoms with van der Waals surface area (Å²) in [5.41, 5.74) is 3.12. The summed E-state index contributed by atoms with van der Waals surface area (Å²) in [6.45, 7) is 9.42. The Hall–Kier alpha value is -0.780. The molecule has 0 aliphatic heterocycles. The lowest BCUT2D eigenvalue weighted by Gasteiger charge is -2.38. The molecule has 4 saturated carbocycles. The van der Waals surface area contributed by atoms with Crippen molar-refractivity contribution in [1.82, 2.24) is 0 Å². The number of hydrogen-bond donors (Lipinski definition) is 0. The van der Waals surface area contributed by atoms with Gasteiger partial charge in [-0.25, -0.2) is 0 Å². The number of aryl methyl sites for hydroxylation is 1. The molecule has 0 amide bonds. The zero-order chi connectivity index (χ0) is 27.5. The van der Waals surface area contributed by atoms with Crippen LogP contribution in [0, 0.1) is 41.4 Å². The molecular formula is C39H74. The fraction of sp³-hybridized carbons (Fsp3) is 0.846. The van der Waals surface area contributed by atoms with E-state index >= 15 is 0 Å². The molecule has 0 spiro atoms. The van der Waals surface area contributed by atoms with Crippen LogP contribution in [0.25, 0.3) is 0 Å². The Labute approximate surface area is 250 Å². The smallest absolute Gasteiger partial charge is 0 e. The third kappa shape index (κ3) is 9.64. The zero-order valence-electron chi connectivity index (χ0n) is 26.8. The topological polar surface area (TPSA) is 0 Å². The second-order valence-electron chi connectivity index (χ2n) is 14.9. The largest absolute Gasteiger partial charge is 0.0654 e. The van der Waals surface area contributed by atoms with Crippen molar-refractivity contribution in [3.8, 4) is 0 Å². The van der Waals surface area contributed by atoms with Gasteiger partial charge in [0.05, 0.1) is 0 Å². The molecule has 5 rings (SSSR count). The average Bonchev–Trinajstić information content (AvgIpc) is 2.99. The molecule has 39 heavy (non-hydrogen) atoms. The van der Waals surface area contributed by atoms with Gasteiger partial charge in [-0.15, -0.1) is 0 Å². The Kier molecular flexibility index (Phi) is 13.3. The minimum Gasteiger partial charge on any atom is -0.0654 e. The van der Waals surface area contributed by atoms with Crippen LogP contribution in [0.15, 0.2) is 24.3 Å². The highest BCUT2D eigenvalue weighted by Gasteiger charge is 2.31. The summed E-state index contributed by atoms with van der Waals surface area (Å²) >= 11 is 0. The van der Waals surface area contributed by atoms with Crippen molar-refractivity contribution < 1.29 is 5.71 Å². The summed E-state index contributed by atoms with van der Waals surface area (Å²) in [5, 5.41) is 0. The molecule has 0 N–H and O–H groups in total. The highest BCUT2D eigenvalue weighted by molar-refractivity contribution is 5.26. The minimum atomic E-state index is 0. The monoisotopic (exact) mass is 543 g/mol. The van der Waals surface area contributed by atoms with Gasteiger partial charge in [0.2, 0.25) is 0 Å². The third-order valence-corrected chi connectivity index (χ3v) is 12.2. The lowest BCUT2D eigenvalue weighted by Crippen LogP contribution is -2.25. The van der Waals surface area contributed by atoms with Crippen molar-refractivity contribution in [3.05, 3.63) is 35.4 Å². The van der Waals surface area contributed by atoms with Crippen LogP contribution in [0.2, 0.25) is 0 Å². The van der Waals surface area contributed by atoms with Gasteiger partial charge in [0, 0.05) is 5.71 Å². The van der Waals surface area contributed by atoms with E-state index in [0.717, 1.165) is 47.3 Å². The Morgan fingerprint density at radius 1 is 0.538 bits per heavy atom. The van der Waals surface area contributed by atoms with Crippen LogP contribution in [0.3, 0.4) is 0 Å². The summed E-state index contributed by atoms with van der Waals surface area (Å²) in [4.78, 5) is 0.